The maximum Gasteiger partial charge on any atom is 0.420 e. The molecule has 24 heavy (non-hydrogen) atoms. The van der Waals surface area contributed by atoms with Gasteiger partial charge >= 0.3 is 5.76 Å². The molecule has 0 bridgehead atoms. The zero-order valence-corrected chi connectivity index (χ0v) is 13.2. The fourth-order valence-corrected chi connectivity index (χ4v) is 3.29. The zero-order chi connectivity index (χ0) is 16.5. The van der Waals surface area contributed by atoms with Crippen molar-refractivity contribution in [2.45, 2.75) is 25.4 Å². The van der Waals surface area contributed by atoms with Crippen LogP contribution in [0.4, 0.5) is 0 Å². The van der Waals surface area contributed by atoms with E-state index in [9.17, 15) is 9.59 Å². The second-order valence-electron chi connectivity index (χ2n) is 6.04. The average molecular weight is 326 g/mol. The lowest BCUT2D eigenvalue weighted by Crippen LogP contribution is -2.43. The lowest BCUT2D eigenvalue weighted by molar-refractivity contribution is -0.133. The molecule has 1 amide bonds. The number of para-hydroxylation sites is 2. The highest BCUT2D eigenvalue weighted by molar-refractivity contribution is 5.79. The molecule has 0 saturated carbocycles. The van der Waals surface area contributed by atoms with Gasteiger partial charge in [-0.05, 0) is 31.0 Å². The summed E-state index contributed by atoms with van der Waals surface area (Å²) in [5.41, 5.74) is 1.15. The van der Waals surface area contributed by atoms with E-state index in [0.717, 1.165) is 12.8 Å². The predicted molar refractivity (Wildman–Crippen MR) is 87.6 cm³/mol. The molecular formula is C17H18N4O3. The molecule has 1 aromatic carbocycles. The van der Waals surface area contributed by atoms with E-state index >= 15 is 0 Å². The minimum Gasteiger partial charge on any atom is -0.408 e. The number of benzene rings is 1. The Morgan fingerprint density at radius 2 is 2.17 bits per heavy atom. The number of aromatic nitrogens is 3. The van der Waals surface area contributed by atoms with Crippen molar-refractivity contribution in [3.05, 3.63) is 53.3 Å². The number of fused-ring (bicyclic) bond motifs is 1. The van der Waals surface area contributed by atoms with E-state index in [1.165, 1.54) is 4.57 Å². The van der Waals surface area contributed by atoms with E-state index in [1.807, 2.05) is 27.9 Å². The van der Waals surface area contributed by atoms with Crippen LogP contribution < -0.4 is 5.76 Å². The molecule has 0 radical (unpaired) electrons. The minimum atomic E-state index is -0.495. The van der Waals surface area contributed by atoms with Crippen molar-refractivity contribution in [3.63, 3.8) is 0 Å². The van der Waals surface area contributed by atoms with Gasteiger partial charge in [0.1, 0.15) is 6.54 Å². The number of hydrogen-bond acceptors (Lipinski definition) is 4. The second-order valence-corrected chi connectivity index (χ2v) is 6.04. The van der Waals surface area contributed by atoms with E-state index in [-0.39, 0.29) is 18.5 Å². The molecule has 2 aromatic heterocycles. The van der Waals surface area contributed by atoms with Crippen molar-refractivity contribution in [2.75, 3.05) is 13.1 Å². The number of oxazole rings is 1. The van der Waals surface area contributed by atoms with Crippen molar-refractivity contribution in [3.8, 4) is 0 Å². The SMILES string of the molecule is O=C(Cn1c(=O)oc2ccccc21)N1CCC[C@H](n2cccn2)C1. The third-order valence-corrected chi connectivity index (χ3v) is 4.52. The predicted octanol–water partition coefficient (Wildman–Crippen LogP) is 1.65. The van der Waals surface area contributed by atoms with Gasteiger partial charge in [-0.2, -0.15) is 5.10 Å². The van der Waals surface area contributed by atoms with Gasteiger partial charge in [0.05, 0.1) is 11.6 Å². The number of likely N-dealkylation sites (tertiary alicyclic amines) is 1. The number of amides is 1. The van der Waals surface area contributed by atoms with Crippen molar-refractivity contribution < 1.29 is 9.21 Å². The van der Waals surface area contributed by atoms with Gasteiger partial charge in [-0.3, -0.25) is 14.0 Å². The lowest BCUT2D eigenvalue weighted by atomic mass is 10.1. The van der Waals surface area contributed by atoms with Crippen LogP contribution in [0.1, 0.15) is 18.9 Å². The van der Waals surface area contributed by atoms with Crippen molar-refractivity contribution in [1.82, 2.24) is 19.2 Å². The summed E-state index contributed by atoms with van der Waals surface area (Å²) in [4.78, 5) is 26.5. The summed E-state index contributed by atoms with van der Waals surface area (Å²) < 4.78 is 8.49. The summed E-state index contributed by atoms with van der Waals surface area (Å²) in [6.07, 6.45) is 5.60. The molecule has 0 N–H and O–H groups in total. The van der Waals surface area contributed by atoms with Crippen molar-refractivity contribution >= 4 is 17.0 Å². The highest BCUT2D eigenvalue weighted by Crippen LogP contribution is 2.21. The van der Waals surface area contributed by atoms with Crippen LogP contribution in [0.3, 0.4) is 0 Å². The molecule has 1 atom stereocenters. The van der Waals surface area contributed by atoms with Crippen molar-refractivity contribution in [2.24, 2.45) is 0 Å². The van der Waals surface area contributed by atoms with Crippen LogP contribution >= 0.6 is 0 Å². The Balaban J connectivity index is 1.53. The molecule has 3 heterocycles. The summed E-state index contributed by atoms with van der Waals surface area (Å²) in [5.74, 6) is -0.564. The van der Waals surface area contributed by atoms with Crippen LogP contribution in [0, 0.1) is 0 Å². The number of hydrogen-bond donors (Lipinski definition) is 0. The maximum atomic E-state index is 12.7. The molecule has 7 nitrogen and oxygen atoms in total. The van der Waals surface area contributed by atoms with Gasteiger partial charge in [0.25, 0.3) is 0 Å². The van der Waals surface area contributed by atoms with E-state index in [4.69, 9.17) is 4.42 Å². The van der Waals surface area contributed by atoms with Gasteiger partial charge in [0.2, 0.25) is 5.91 Å². The first-order chi connectivity index (χ1) is 11.7. The van der Waals surface area contributed by atoms with Crippen molar-refractivity contribution in [1.29, 1.82) is 0 Å². The molecule has 124 valence electrons. The topological polar surface area (TPSA) is 73.3 Å². The molecule has 1 aliphatic heterocycles. The molecule has 1 saturated heterocycles. The fraction of sp³-hybridized carbons (Fsp3) is 0.353. The number of piperidine rings is 1. The zero-order valence-electron chi connectivity index (χ0n) is 13.2. The normalized spacial score (nSPS) is 18.2. The first kappa shape index (κ1) is 14.7. The summed E-state index contributed by atoms with van der Waals surface area (Å²) in [7, 11) is 0. The average Bonchev–Trinajstić information content (AvgIpc) is 3.24. The third kappa shape index (κ3) is 2.62. The van der Waals surface area contributed by atoms with Crippen LogP contribution in [0.15, 0.2) is 51.9 Å². The molecule has 1 aliphatic rings. The Hall–Kier alpha value is -2.83. The Kier molecular flexibility index (Phi) is 3.68. The first-order valence-corrected chi connectivity index (χ1v) is 8.07. The van der Waals surface area contributed by atoms with Crippen LogP contribution in [0.2, 0.25) is 0 Å². The van der Waals surface area contributed by atoms with Gasteiger partial charge in [-0.15, -0.1) is 0 Å². The Bertz CT molecular complexity index is 909. The number of rotatable bonds is 3. The van der Waals surface area contributed by atoms with Crippen LogP contribution in [0.25, 0.3) is 11.1 Å². The molecular weight excluding hydrogens is 308 g/mol. The summed E-state index contributed by atoms with van der Waals surface area (Å²) in [5, 5.41) is 4.27. The van der Waals surface area contributed by atoms with Crippen LogP contribution in [-0.2, 0) is 11.3 Å². The smallest absolute Gasteiger partial charge is 0.408 e. The van der Waals surface area contributed by atoms with E-state index < -0.39 is 5.76 Å². The van der Waals surface area contributed by atoms with Gasteiger partial charge in [0.15, 0.2) is 5.58 Å². The highest BCUT2D eigenvalue weighted by atomic mass is 16.4. The van der Waals surface area contributed by atoms with E-state index in [0.29, 0.717) is 24.2 Å². The largest absolute Gasteiger partial charge is 0.420 e. The fourth-order valence-electron chi connectivity index (χ4n) is 3.29. The Morgan fingerprint density at radius 3 is 3.00 bits per heavy atom. The van der Waals surface area contributed by atoms with E-state index in [2.05, 4.69) is 5.10 Å². The minimum absolute atomic E-state index is 0.00166. The molecule has 1 fully saturated rings. The Labute approximate surface area is 138 Å². The first-order valence-electron chi connectivity index (χ1n) is 8.07. The second kappa shape index (κ2) is 5.99. The third-order valence-electron chi connectivity index (χ3n) is 4.52. The number of carbonyl (C=O) groups excluding carboxylic acids is 1. The summed E-state index contributed by atoms with van der Waals surface area (Å²) in [6.45, 7) is 1.33. The molecule has 3 aromatic rings. The molecule has 7 heteroatoms. The van der Waals surface area contributed by atoms with Gasteiger partial charge in [-0.25, -0.2) is 4.79 Å². The summed E-state index contributed by atoms with van der Waals surface area (Å²) >= 11 is 0. The van der Waals surface area contributed by atoms with Gasteiger partial charge < -0.3 is 9.32 Å². The van der Waals surface area contributed by atoms with Crippen LogP contribution in [0.5, 0.6) is 0 Å². The number of nitrogens with zero attached hydrogens (tertiary/aromatic N) is 4. The number of carbonyl (C=O) groups is 1. The van der Waals surface area contributed by atoms with Crippen LogP contribution in [-0.4, -0.2) is 38.2 Å². The molecule has 0 aliphatic carbocycles. The maximum absolute atomic E-state index is 12.7. The van der Waals surface area contributed by atoms with E-state index in [1.54, 1.807) is 24.4 Å². The lowest BCUT2D eigenvalue weighted by Gasteiger charge is -2.32. The highest BCUT2D eigenvalue weighted by Gasteiger charge is 2.26. The quantitative estimate of drug-likeness (QED) is 0.734. The molecule has 4 rings (SSSR count). The molecule has 0 unspecified atom stereocenters. The summed E-state index contributed by atoms with van der Waals surface area (Å²) in [6, 6.07) is 9.22. The van der Waals surface area contributed by atoms with Gasteiger partial charge in [0, 0.05) is 25.5 Å². The van der Waals surface area contributed by atoms with Gasteiger partial charge in [-0.1, -0.05) is 12.1 Å². The Morgan fingerprint density at radius 1 is 1.29 bits per heavy atom. The standard InChI is InChI=1S/C17H18N4O3/c22-16(12-20-14-6-1-2-7-15(14)24-17(20)23)19-9-3-5-13(11-19)21-10-4-8-18-21/h1-2,4,6-8,10,13H,3,5,9,11-12H2/t13-/m0/s1. The molecule has 0 spiro atoms. The monoisotopic (exact) mass is 326 g/mol.